The van der Waals surface area contributed by atoms with E-state index in [1.807, 2.05) is 38.1 Å². The Kier molecular flexibility index (Phi) is 9.50. The van der Waals surface area contributed by atoms with Crippen molar-refractivity contribution in [3.05, 3.63) is 54.0 Å². The maximum atomic E-state index is 10.5. The van der Waals surface area contributed by atoms with Gasteiger partial charge in [0, 0.05) is 6.54 Å². The molecule has 7 heteroatoms. The first-order valence-corrected chi connectivity index (χ1v) is 8.49. The highest BCUT2D eigenvalue weighted by molar-refractivity contribution is 14.0. The Morgan fingerprint density at radius 2 is 1.96 bits per heavy atom. The molecular weight excluding hydrogens is 445 g/mol. The summed E-state index contributed by atoms with van der Waals surface area (Å²) in [6, 6.07) is 11.4. The van der Waals surface area contributed by atoms with Gasteiger partial charge in [-0.3, -0.25) is 0 Å². The van der Waals surface area contributed by atoms with Gasteiger partial charge in [-0.05, 0) is 45.0 Å². The maximum Gasteiger partial charge on any atom is 0.191 e. The number of nitrogens with one attached hydrogen (secondary N) is 2. The van der Waals surface area contributed by atoms with Gasteiger partial charge in [0.25, 0.3) is 0 Å². The quantitative estimate of drug-likeness (QED) is 0.238. The van der Waals surface area contributed by atoms with Crippen LogP contribution in [0.15, 0.2) is 52.1 Å². The Morgan fingerprint density at radius 1 is 1.23 bits per heavy atom. The smallest absolute Gasteiger partial charge is 0.191 e. The van der Waals surface area contributed by atoms with Gasteiger partial charge >= 0.3 is 0 Å². The number of hydrogen-bond acceptors (Lipinski definition) is 4. The van der Waals surface area contributed by atoms with Gasteiger partial charge in [-0.15, -0.1) is 24.0 Å². The lowest BCUT2D eigenvalue weighted by atomic mass is 10.0. The predicted octanol–water partition coefficient (Wildman–Crippen LogP) is 3.05. The highest BCUT2D eigenvalue weighted by Crippen LogP contribution is 2.21. The van der Waals surface area contributed by atoms with Crippen molar-refractivity contribution in [2.45, 2.75) is 26.4 Å². The van der Waals surface area contributed by atoms with Gasteiger partial charge in [0.1, 0.15) is 23.7 Å². The number of furan rings is 1. The lowest BCUT2D eigenvalue weighted by molar-refractivity contribution is 0.0437. The van der Waals surface area contributed by atoms with Crippen molar-refractivity contribution in [2.24, 2.45) is 4.99 Å². The van der Waals surface area contributed by atoms with Crippen LogP contribution in [0.3, 0.4) is 0 Å². The first-order valence-electron chi connectivity index (χ1n) is 8.49. The minimum absolute atomic E-state index is 0. The van der Waals surface area contributed by atoms with E-state index in [9.17, 15) is 5.11 Å². The van der Waals surface area contributed by atoms with E-state index in [1.54, 1.807) is 25.3 Å². The maximum absolute atomic E-state index is 10.5. The Hall–Kier alpha value is -1.74. The molecule has 0 radical (unpaired) electrons. The number of aliphatic hydroxyl groups is 1. The molecule has 1 atom stereocenters. The number of aliphatic imine (C=N–C) groups is 1. The summed E-state index contributed by atoms with van der Waals surface area (Å²) >= 11 is 0. The lowest BCUT2D eigenvalue weighted by Gasteiger charge is -2.19. The normalized spacial score (nSPS) is 13.5. The molecule has 0 saturated heterocycles. The van der Waals surface area contributed by atoms with Crippen LogP contribution in [0.4, 0.5) is 0 Å². The minimum Gasteiger partial charge on any atom is -0.492 e. The average Bonchev–Trinajstić information content (AvgIpc) is 3.13. The molecular formula is C19H28IN3O3. The summed E-state index contributed by atoms with van der Waals surface area (Å²) in [6.45, 7) is 7.75. The number of rotatable bonds is 8. The molecule has 0 bridgehead atoms. The van der Waals surface area contributed by atoms with Crippen molar-refractivity contribution >= 4 is 29.9 Å². The highest BCUT2D eigenvalue weighted by atomic mass is 127. The van der Waals surface area contributed by atoms with Gasteiger partial charge in [-0.25, -0.2) is 4.99 Å². The molecule has 26 heavy (non-hydrogen) atoms. The summed E-state index contributed by atoms with van der Waals surface area (Å²) in [5.41, 5.74) is 0.0557. The van der Waals surface area contributed by atoms with Crippen molar-refractivity contribution in [1.82, 2.24) is 10.6 Å². The fourth-order valence-corrected chi connectivity index (χ4v) is 2.21. The van der Waals surface area contributed by atoms with Crippen LogP contribution in [0.1, 0.15) is 25.2 Å². The van der Waals surface area contributed by atoms with Crippen LogP contribution in [0, 0.1) is 6.92 Å². The van der Waals surface area contributed by atoms with Crippen LogP contribution in [-0.4, -0.2) is 37.3 Å². The van der Waals surface area contributed by atoms with Gasteiger partial charge in [-0.1, -0.05) is 17.7 Å². The van der Waals surface area contributed by atoms with Gasteiger partial charge in [0.05, 0.1) is 19.4 Å². The molecule has 2 rings (SSSR count). The van der Waals surface area contributed by atoms with Crippen LogP contribution < -0.4 is 15.4 Å². The van der Waals surface area contributed by atoms with E-state index in [0.717, 1.165) is 12.3 Å². The number of halogens is 1. The van der Waals surface area contributed by atoms with Crippen molar-refractivity contribution in [2.75, 3.05) is 26.2 Å². The first-order chi connectivity index (χ1) is 12.0. The zero-order valence-electron chi connectivity index (χ0n) is 15.5. The topological polar surface area (TPSA) is 79.0 Å². The molecule has 0 amide bonds. The number of guanidine groups is 1. The lowest BCUT2D eigenvalue weighted by Crippen LogP contribution is -2.40. The van der Waals surface area contributed by atoms with Crippen molar-refractivity contribution in [1.29, 1.82) is 0 Å². The molecule has 1 aromatic carbocycles. The number of ether oxygens (including phenoxy) is 1. The SMILES string of the molecule is CCNC(=NCC(C)(O)c1ccco1)NCCOc1ccc(C)cc1.I. The van der Waals surface area contributed by atoms with Crippen molar-refractivity contribution < 1.29 is 14.3 Å². The van der Waals surface area contributed by atoms with Crippen molar-refractivity contribution in [3.63, 3.8) is 0 Å². The summed E-state index contributed by atoms with van der Waals surface area (Å²) < 4.78 is 11.0. The minimum atomic E-state index is -1.15. The Morgan fingerprint density at radius 3 is 2.58 bits per heavy atom. The van der Waals surface area contributed by atoms with E-state index in [-0.39, 0.29) is 30.5 Å². The summed E-state index contributed by atoms with van der Waals surface area (Å²) in [5.74, 6) is 1.96. The van der Waals surface area contributed by atoms with E-state index in [4.69, 9.17) is 9.15 Å². The van der Waals surface area contributed by atoms with E-state index in [1.165, 1.54) is 5.56 Å². The Bertz CT molecular complexity index is 655. The molecule has 3 N–H and O–H groups in total. The molecule has 0 aliphatic carbocycles. The third-order valence-electron chi connectivity index (χ3n) is 3.63. The second kappa shape index (κ2) is 11.1. The number of aryl methyl sites for hydroxylation is 1. The Labute approximate surface area is 172 Å². The molecule has 0 aliphatic rings. The Balaban J connectivity index is 0.00000338. The standard InChI is InChI=1S/C19H27N3O3.HI/c1-4-20-18(22-14-19(3,23)17-6-5-12-25-17)21-11-13-24-16-9-7-15(2)8-10-16;/h5-10,12,23H,4,11,13-14H2,1-3H3,(H2,20,21,22);1H. The molecule has 0 saturated carbocycles. The number of benzene rings is 1. The van der Waals surface area contributed by atoms with Crippen LogP contribution in [-0.2, 0) is 5.60 Å². The molecule has 6 nitrogen and oxygen atoms in total. The van der Waals surface area contributed by atoms with Gasteiger partial charge in [0.15, 0.2) is 5.96 Å². The average molecular weight is 473 g/mol. The molecule has 144 valence electrons. The van der Waals surface area contributed by atoms with Crippen LogP contribution >= 0.6 is 24.0 Å². The molecule has 2 aromatic rings. The zero-order chi connectivity index (χ0) is 18.1. The molecule has 1 unspecified atom stereocenters. The number of nitrogens with zero attached hydrogens (tertiary/aromatic N) is 1. The molecule has 1 heterocycles. The summed E-state index contributed by atoms with van der Waals surface area (Å²) in [6.07, 6.45) is 1.54. The predicted molar refractivity (Wildman–Crippen MR) is 114 cm³/mol. The summed E-state index contributed by atoms with van der Waals surface area (Å²) in [7, 11) is 0. The second-order valence-electron chi connectivity index (χ2n) is 6.03. The third-order valence-corrected chi connectivity index (χ3v) is 3.63. The van der Waals surface area contributed by atoms with Crippen molar-refractivity contribution in [3.8, 4) is 5.75 Å². The monoisotopic (exact) mass is 473 g/mol. The van der Waals surface area contributed by atoms with E-state index in [2.05, 4.69) is 15.6 Å². The van der Waals surface area contributed by atoms with E-state index < -0.39 is 5.60 Å². The fourth-order valence-electron chi connectivity index (χ4n) is 2.21. The third kappa shape index (κ3) is 7.25. The van der Waals surface area contributed by atoms with Gasteiger partial charge in [-0.2, -0.15) is 0 Å². The van der Waals surface area contributed by atoms with Gasteiger partial charge in [0.2, 0.25) is 0 Å². The molecule has 0 fully saturated rings. The van der Waals surface area contributed by atoms with Crippen LogP contribution in [0.5, 0.6) is 5.75 Å². The largest absolute Gasteiger partial charge is 0.492 e. The molecule has 0 spiro atoms. The second-order valence-corrected chi connectivity index (χ2v) is 6.03. The zero-order valence-corrected chi connectivity index (χ0v) is 17.8. The summed E-state index contributed by atoms with van der Waals surface area (Å²) in [4.78, 5) is 4.43. The first kappa shape index (κ1) is 22.3. The van der Waals surface area contributed by atoms with Crippen LogP contribution in [0.25, 0.3) is 0 Å². The van der Waals surface area contributed by atoms with Gasteiger partial charge < -0.3 is 24.9 Å². The number of hydrogen-bond donors (Lipinski definition) is 3. The molecule has 0 aliphatic heterocycles. The molecule has 1 aromatic heterocycles. The van der Waals surface area contributed by atoms with Crippen LogP contribution in [0.2, 0.25) is 0 Å². The van der Waals surface area contributed by atoms with E-state index >= 15 is 0 Å². The summed E-state index contributed by atoms with van der Waals surface area (Å²) in [5, 5.41) is 16.8. The fraction of sp³-hybridized carbons (Fsp3) is 0.421. The van der Waals surface area contributed by atoms with E-state index in [0.29, 0.717) is 24.9 Å². The highest BCUT2D eigenvalue weighted by Gasteiger charge is 2.25.